The van der Waals surface area contributed by atoms with E-state index in [9.17, 15) is 9.59 Å². The summed E-state index contributed by atoms with van der Waals surface area (Å²) < 4.78 is 0. The van der Waals surface area contributed by atoms with Crippen LogP contribution in [-0.4, -0.2) is 30.1 Å². The number of hydrogen-bond donors (Lipinski definition) is 3. The monoisotopic (exact) mass is 160 g/mol. The maximum atomic E-state index is 10.3. The molecule has 0 aromatic rings. The van der Waals surface area contributed by atoms with Crippen LogP contribution in [0.3, 0.4) is 0 Å². The number of carbonyl (C=O) groups excluding carboxylic acids is 1. The number of amides is 1. The Kier molecular flexibility index (Phi) is 5.10. The number of nitrogens with one attached hydrogen (secondary N) is 1. The van der Waals surface area contributed by atoms with Gasteiger partial charge in [-0.1, -0.05) is 0 Å². The average molecular weight is 160 g/mol. The zero-order valence-electron chi connectivity index (χ0n) is 6.12. The van der Waals surface area contributed by atoms with E-state index in [1.54, 1.807) is 0 Å². The first-order chi connectivity index (χ1) is 5.22. The topological polar surface area (TPSA) is 92.4 Å². The smallest absolute Gasteiger partial charge is 0.326 e. The second-order valence-electron chi connectivity index (χ2n) is 2.11. The van der Waals surface area contributed by atoms with Crippen LogP contribution in [0.15, 0.2) is 0 Å². The molecular weight excluding hydrogens is 148 g/mol. The van der Waals surface area contributed by atoms with Gasteiger partial charge in [-0.25, -0.2) is 4.79 Å². The van der Waals surface area contributed by atoms with Gasteiger partial charge in [-0.15, -0.1) is 0 Å². The molecule has 0 aliphatic carbocycles. The van der Waals surface area contributed by atoms with Crippen molar-refractivity contribution in [3.63, 3.8) is 0 Å². The van der Waals surface area contributed by atoms with Gasteiger partial charge in [0.25, 0.3) is 0 Å². The number of carboxylic acid groups (broad SMARTS) is 1. The molecule has 0 aromatic carbocycles. The lowest BCUT2D eigenvalue weighted by Gasteiger charge is -2.08. The molecule has 0 bridgehead atoms. The van der Waals surface area contributed by atoms with Gasteiger partial charge in [0.1, 0.15) is 6.04 Å². The molecule has 5 heteroatoms. The molecule has 0 unspecified atom stereocenters. The summed E-state index contributed by atoms with van der Waals surface area (Å²) in [5, 5.41) is 10.6. The molecule has 0 aromatic heterocycles. The fourth-order valence-electron chi connectivity index (χ4n) is 0.682. The van der Waals surface area contributed by atoms with Crippen LogP contribution in [0.25, 0.3) is 0 Å². The van der Waals surface area contributed by atoms with Crippen LogP contribution >= 0.6 is 0 Å². The predicted octanol–water partition coefficient (Wildman–Crippen LogP) is -1.08. The molecule has 1 atom stereocenters. The minimum Gasteiger partial charge on any atom is -0.480 e. The molecule has 0 spiro atoms. The van der Waals surface area contributed by atoms with Crippen molar-refractivity contribution in [3.8, 4) is 0 Å². The Morgan fingerprint density at radius 2 is 2.36 bits per heavy atom. The molecule has 0 saturated carbocycles. The SMILES string of the molecule is NCCC[C@H](NC=O)C(=O)O. The zero-order valence-corrected chi connectivity index (χ0v) is 6.12. The lowest BCUT2D eigenvalue weighted by Crippen LogP contribution is -2.35. The first kappa shape index (κ1) is 9.90. The first-order valence-corrected chi connectivity index (χ1v) is 3.35. The van der Waals surface area contributed by atoms with Gasteiger partial charge < -0.3 is 16.2 Å². The second-order valence-corrected chi connectivity index (χ2v) is 2.11. The van der Waals surface area contributed by atoms with Crippen LogP contribution in [0.1, 0.15) is 12.8 Å². The maximum Gasteiger partial charge on any atom is 0.326 e. The molecule has 0 fully saturated rings. The summed E-state index contributed by atoms with van der Waals surface area (Å²) in [5.74, 6) is -1.02. The summed E-state index contributed by atoms with van der Waals surface area (Å²) in [6, 6.07) is -0.795. The van der Waals surface area contributed by atoms with Crippen molar-refractivity contribution in [3.05, 3.63) is 0 Å². The van der Waals surface area contributed by atoms with E-state index in [0.717, 1.165) is 0 Å². The Labute approximate surface area is 64.6 Å². The van der Waals surface area contributed by atoms with Gasteiger partial charge in [0.05, 0.1) is 0 Å². The number of carbonyl (C=O) groups is 2. The van der Waals surface area contributed by atoms with E-state index in [2.05, 4.69) is 5.32 Å². The lowest BCUT2D eigenvalue weighted by atomic mass is 10.1. The zero-order chi connectivity index (χ0) is 8.69. The van der Waals surface area contributed by atoms with Gasteiger partial charge >= 0.3 is 5.97 Å². The molecule has 64 valence electrons. The van der Waals surface area contributed by atoms with Crippen molar-refractivity contribution in [1.82, 2.24) is 5.32 Å². The van der Waals surface area contributed by atoms with E-state index in [-0.39, 0.29) is 0 Å². The molecule has 0 radical (unpaired) electrons. The Balaban J connectivity index is 3.69. The molecular formula is C6H12N2O3. The van der Waals surface area contributed by atoms with Gasteiger partial charge in [0.2, 0.25) is 6.41 Å². The van der Waals surface area contributed by atoms with Gasteiger partial charge in [0, 0.05) is 0 Å². The van der Waals surface area contributed by atoms with E-state index in [4.69, 9.17) is 10.8 Å². The number of carboxylic acids is 1. The third kappa shape index (κ3) is 4.32. The highest BCUT2D eigenvalue weighted by atomic mass is 16.4. The molecule has 0 aliphatic rings. The molecule has 1 amide bonds. The molecule has 0 rings (SSSR count). The predicted molar refractivity (Wildman–Crippen MR) is 38.9 cm³/mol. The van der Waals surface area contributed by atoms with Crippen molar-refractivity contribution < 1.29 is 14.7 Å². The van der Waals surface area contributed by atoms with E-state index < -0.39 is 12.0 Å². The van der Waals surface area contributed by atoms with E-state index in [0.29, 0.717) is 25.8 Å². The number of aliphatic carboxylic acids is 1. The summed E-state index contributed by atoms with van der Waals surface area (Å²) in [7, 11) is 0. The normalized spacial score (nSPS) is 12.1. The fraction of sp³-hybridized carbons (Fsp3) is 0.667. The second kappa shape index (κ2) is 5.67. The minimum atomic E-state index is -1.02. The Bertz CT molecular complexity index is 138. The standard InChI is InChI=1S/C6H12N2O3/c7-3-1-2-5(6(10)11)8-4-9/h4-5H,1-3,7H2,(H,8,9)(H,10,11)/t5-/m0/s1. The van der Waals surface area contributed by atoms with Gasteiger partial charge in [-0.2, -0.15) is 0 Å². The maximum absolute atomic E-state index is 10.3. The van der Waals surface area contributed by atoms with Crippen LogP contribution in [0.5, 0.6) is 0 Å². The molecule has 0 heterocycles. The third-order valence-electron chi connectivity index (χ3n) is 1.26. The van der Waals surface area contributed by atoms with Crippen LogP contribution in [0, 0.1) is 0 Å². The summed E-state index contributed by atoms with van der Waals surface area (Å²) in [6.45, 7) is 0.435. The first-order valence-electron chi connectivity index (χ1n) is 3.35. The number of hydrogen-bond acceptors (Lipinski definition) is 3. The summed E-state index contributed by atoms with van der Waals surface area (Å²) in [5.41, 5.74) is 5.16. The van der Waals surface area contributed by atoms with E-state index >= 15 is 0 Å². The van der Waals surface area contributed by atoms with Crippen molar-refractivity contribution in [1.29, 1.82) is 0 Å². The summed E-state index contributed by atoms with van der Waals surface area (Å²) in [6.07, 6.45) is 1.36. The quantitative estimate of drug-likeness (QED) is 0.431. The Morgan fingerprint density at radius 1 is 1.73 bits per heavy atom. The molecule has 4 N–H and O–H groups in total. The van der Waals surface area contributed by atoms with Crippen LogP contribution < -0.4 is 11.1 Å². The van der Waals surface area contributed by atoms with Gasteiger partial charge in [-0.05, 0) is 19.4 Å². The highest BCUT2D eigenvalue weighted by molar-refractivity contribution is 5.76. The van der Waals surface area contributed by atoms with Crippen LogP contribution in [-0.2, 0) is 9.59 Å². The summed E-state index contributed by atoms with van der Waals surface area (Å²) >= 11 is 0. The molecule has 0 saturated heterocycles. The average Bonchev–Trinajstić information content (AvgIpc) is 1.97. The van der Waals surface area contributed by atoms with Gasteiger partial charge in [0.15, 0.2) is 0 Å². The Hall–Kier alpha value is -1.10. The van der Waals surface area contributed by atoms with Crippen molar-refractivity contribution in [2.24, 2.45) is 5.73 Å². The van der Waals surface area contributed by atoms with Crippen molar-refractivity contribution >= 4 is 12.4 Å². The van der Waals surface area contributed by atoms with Crippen molar-refractivity contribution in [2.45, 2.75) is 18.9 Å². The largest absolute Gasteiger partial charge is 0.480 e. The van der Waals surface area contributed by atoms with Crippen molar-refractivity contribution in [2.75, 3.05) is 6.54 Å². The highest BCUT2D eigenvalue weighted by Crippen LogP contribution is 1.94. The van der Waals surface area contributed by atoms with E-state index in [1.165, 1.54) is 0 Å². The van der Waals surface area contributed by atoms with E-state index in [1.807, 2.05) is 0 Å². The molecule has 0 aliphatic heterocycles. The summed E-state index contributed by atoms with van der Waals surface area (Å²) in [4.78, 5) is 20.2. The third-order valence-corrected chi connectivity index (χ3v) is 1.26. The number of rotatable bonds is 6. The highest BCUT2D eigenvalue weighted by Gasteiger charge is 2.14. The molecule has 5 nitrogen and oxygen atoms in total. The van der Waals surface area contributed by atoms with Gasteiger partial charge in [-0.3, -0.25) is 4.79 Å². The minimum absolute atomic E-state index is 0.380. The fourth-order valence-corrected chi connectivity index (χ4v) is 0.682. The van der Waals surface area contributed by atoms with Crippen LogP contribution in [0.2, 0.25) is 0 Å². The Morgan fingerprint density at radius 3 is 2.73 bits per heavy atom. The number of nitrogens with two attached hydrogens (primary N) is 1. The van der Waals surface area contributed by atoms with Crippen LogP contribution in [0.4, 0.5) is 0 Å². The lowest BCUT2D eigenvalue weighted by molar-refractivity contribution is -0.140. The molecule has 11 heavy (non-hydrogen) atoms.